The van der Waals surface area contributed by atoms with Crippen LogP contribution in [0.3, 0.4) is 0 Å². The first kappa shape index (κ1) is 43.7. The van der Waals surface area contributed by atoms with Crippen LogP contribution >= 0.6 is 0 Å². The van der Waals surface area contributed by atoms with Gasteiger partial charge in [0.05, 0.1) is 19.3 Å². The Kier molecular flexibility index (Phi) is 22.3. The highest BCUT2D eigenvalue weighted by molar-refractivity contribution is 5.81. The summed E-state index contributed by atoms with van der Waals surface area (Å²) in [6.07, 6.45) is 9.91. The van der Waals surface area contributed by atoms with E-state index in [9.17, 15) is 39.6 Å². The molecule has 268 valence electrons. The Balaban J connectivity index is 5.02. The topological polar surface area (TPSA) is 199 Å². The molecule has 6 N–H and O–H groups in total. The molecule has 0 saturated carbocycles. The molecule has 0 aliphatic rings. The summed E-state index contributed by atoms with van der Waals surface area (Å²) >= 11 is 0. The van der Waals surface area contributed by atoms with Crippen molar-refractivity contribution in [2.45, 2.75) is 118 Å². The largest absolute Gasteiger partial charge is 0.481 e. The molecule has 0 heterocycles. The van der Waals surface area contributed by atoms with Crippen molar-refractivity contribution >= 4 is 23.9 Å². The molecule has 0 aliphatic heterocycles. The maximum Gasteiger partial charge on any atom is 0.328 e. The molecular weight excluding hydrogens is 608 g/mol. The Hall–Kier alpha value is -3.28. The first-order valence-electron chi connectivity index (χ1n) is 16.5. The average Bonchev–Trinajstić information content (AvgIpc) is 2.92. The van der Waals surface area contributed by atoms with E-state index >= 15 is 0 Å². The number of hydrogen-bond donors (Lipinski definition) is 6. The maximum atomic E-state index is 13.0. The number of carboxylic acids is 3. The first-order chi connectivity index (χ1) is 22.0. The van der Waals surface area contributed by atoms with Crippen molar-refractivity contribution in [1.82, 2.24) is 0 Å². The molecule has 11 heteroatoms. The molecular formula is C36H58O11. The van der Waals surface area contributed by atoms with E-state index < -0.39 is 61.1 Å². The van der Waals surface area contributed by atoms with E-state index in [1.54, 1.807) is 13.8 Å². The summed E-state index contributed by atoms with van der Waals surface area (Å²) in [4.78, 5) is 46.4. The second kappa shape index (κ2) is 23.9. The van der Waals surface area contributed by atoms with Crippen molar-refractivity contribution < 1.29 is 54.6 Å². The quantitative estimate of drug-likeness (QED) is 0.0303. The molecule has 47 heavy (non-hydrogen) atoms. The Morgan fingerprint density at radius 3 is 1.40 bits per heavy atom. The van der Waals surface area contributed by atoms with E-state index in [0.717, 1.165) is 55.4 Å². The van der Waals surface area contributed by atoms with Crippen molar-refractivity contribution in [3.8, 4) is 0 Å². The molecule has 0 aromatic heterocycles. The third-order valence-corrected chi connectivity index (χ3v) is 8.07. The van der Waals surface area contributed by atoms with Crippen LogP contribution in [0.2, 0.25) is 0 Å². The lowest BCUT2D eigenvalue weighted by atomic mass is 9.92. The third kappa shape index (κ3) is 20.5. The fraction of sp³-hybridized carbons (Fsp3) is 0.667. The number of rotatable bonds is 25. The highest BCUT2D eigenvalue weighted by Gasteiger charge is 2.35. The van der Waals surface area contributed by atoms with Crippen LogP contribution in [-0.4, -0.2) is 79.9 Å². The van der Waals surface area contributed by atoms with Crippen molar-refractivity contribution in [1.29, 1.82) is 0 Å². The van der Waals surface area contributed by atoms with Gasteiger partial charge in [0.25, 0.3) is 0 Å². The van der Waals surface area contributed by atoms with Gasteiger partial charge in [-0.05, 0) is 82.8 Å². The van der Waals surface area contributed by atoms with Crippen LogP contribution in [0.25, 0.3) is 0 Å². The maximum absolute atomic E-state index is 13.0. The Morgan fingerprint density at radius 1 is 0.617 bits per heavy atom. The van der Waals surface area contributed by atoms with E-state index in [1.165, 1.54) is 0 Å². The van der Waals surface area contributed by atoms with Gasteiger partial charge >= 0.3 is 23.9 Å². The predicted octanol–water partition coefficient (Wildman–Crippen LogP) is 5.69. The second-order valence-corrected chi connectivity index (χ2v) is 13.1. The molecule has 0 aliphatic carbocycles. The number of ether oxygens (including phenoxy) is 1. The number of carboxylic acid groups (broad SMARTS) is 3. The minimum Gasteiger partial charge on any atom is -0.481 e. The van der Waals surface area contributed by atoms with E-state index in [4.69, 9.17) is 14.9 Å². The molecule has 0 aromatic rings. The van der Waals surface area contributed by atoms with Gasteiger partial charge in [-0.25, -0.2) is 9.59 Å². The van der Waals surface area contributed by atoms with Crippen LogP contribution < -0.4 is 0 Å². The number of unbranched alkanes of at least 4 members (excludes halogenated alkanes) is 2. The predicted molar refractivity (Wildman–Crippen MR) is 179 cm³/mol. The van der Waals surface area contributed by atoms with Crippen LogP contribution in [0.4, 0.5) is 0 Å². The molecule has 0 fully saturated rings. The van der Waals surface area contributed by atoms with Gasteiger partial charge in [0.15, 0.2) is 0 Å². The Bertz CT molecular complexity index is 1120. The highest BCUT2D eigenvalue weighted by Crippen LogP contribution is 2.24. The van der Waals surface area contributed by atoms with E-state index in [0.29, 0.717) is 36.3 Å². The Morgan fingerprint density at radius 2 is 1.02 bits per heavy atom. The lowest BCUT2D eigenvalue weighted by Crippen LogP contribution is -2.40. The van der Waals surface area contributed by atoms with Gasteiger partial charge in [-0.3, -0.25) is 9.59 Å². The van der Waals surface area contributed by atoms with E-state index in [2.05, 4.69) is 13.8 Å². The number of hydrogen-bond acceptors (Lipinski definition) is 8. The van der Waals surface area contributed by atoms with E-state index in [1.807, 2.05) is 26.0 Å². The molecule has 0 rings (SSSR count). The van der Waals surface area contributed by atoms with Crippen molar-refractivity contribution in [2.75, 3.05) is 13.2 Å². The van der Waals surface area contributed by atoms with Crippen molar-refractivity contribution in [3.63, 3.8) is 0 Å². The standard InChI is InChI=1S/C36H58O11/c1-23(15-25(3)17-27(5)19-33(40)41)11-7-9-13-31(39)29(21-37)36(46)47-32(30(22-38)35(44)45)14-10-8-12-24(2)16-26(4)18-28(6)20-34(42)43/h17-20,23-24,29-32,37-39H,7-16,21-22H2,1-6H3,(H,40,41)(H,42,43)(H,44,45)/b25-17+,26-18+,27-19+,28-20+/t23-,24+,29+,30-,31+,32-/m1/s1. The minimum atomic E-state index is -1.34. The van der Waals surface area contributed by atoms with Crippen LogP contribution in [0.1, 0.15) is 106 Å². The second-order valence-electron chi connectivity index (χ2n) is 13.1. The van der Waals surface area contributed by atoms with Crippen LogP contribution in [0.5, 0.6) is 0 Å². The smallest absolute Gasteiger partial charge is 0.328 e. The SMILES string of the molecule is CC(=C\C(=O)O)/C=C(\C)C[C@H](C)CCCC[C@H](O)[C@H](CO)C(=O)O[C@H](CCCC[C@H](C)C/C(C)=C/C(C)=C/C(=O)O)[C@@H](CO)C(=O)O. The molecule has 0 radical (unpaired) electrons. The molecule has 0 spiro atoms. The number of aliphatic carboxylic acids is 3. The van der Waals surface area contributed by atoms with Crippen LogP contribution in [0, 0.1) is 23.7 Å². The van der Waals surface area contributed by atoms with Gasteiger partial charge in [-0.2, -0.15) is 0 Å². The number of esters is 1. The molecule has 0 amide bonds. The number of aliphatic hydroxyl groups excluding tert-OH is 3. The summed E-state index contributed by atoms with van der Waals surface area (Å²) in [6.45, 7) is 10.1. The minimum absolute atomic E-state index is 0.191. The number of allylic oxidation sites excluding steroid dienone is 6. The molecule has 0 aromatic carbocycles. The number of carbonyl (C=O) groups is 4. The molecule has 6 atom stereocenters. The monoisotopic (exact) mass is 666 g/mol. The zero-order valence-electron chi connectivity index (χ0n) is 29.0. The molecule has 0 saturated heterocycles. The summed E-state index contributed by atoms with van der Waals surface area (Å²) in [6, 6.07) is 0. The zero-order chi connectivity index (χ0) is 36.1. The Labute approximate surface area is 279 Å². The molecule has 0 unspecified atom stereocenters. The fourth-order valence-corrected chi connectivity index (χ4v) is 5.84. The van der Waals surface area contributed by atoms with Crippen molar-refractivity contribution in [2.24, 2.45) is 23.7 Å². The number of aliphatic hydroxyl groups is 3. The third-order valence-electron chi connectivity index (χ3n) is 8.07. The number of carbonyl (C=O) groups excluding carboxylic acids is 1. The molecule has 11 nitrogen and oxygen atoms in total. The average molecular weight is 667 g/mol. The fourth-order valence-electron chi connectivity index (χ4n) is 5.84. The normalized spacial score (nSPS) is 17.0. The van der Waals surface area contributed by atoms with Gasteiger partial charge in [0.2, 0.25) is 0 Å². The van der Waals surface area contributed by atoms with Gasteiger partial charge in [0, 0.05) is 12.2 Å². The molecule has 0 bridgehead atoms. The summed E-state index contributed by atoms with van der Waals surface area (Å²) < 4.78 is 5.52. The van der Waals surface area contributed by atoms with Gasteiger partial charge in [-0.1, -0.05) is 69.2 Å². The van der Waals surface area contributed by atoms with Crippen LogP contribution in [0.15, 0.2) is 46.6 Å². The van der Waals surface area contributed by atoms with Crippen molar-refractivity contribution in [3.05, 3.63) is 46.6 Å². The van der Waals surface area contributed by atoms with Gasteiger partial charge in [0.1, 0.15) is 17.9 Å². The summed E-state index contributed by atoms with van der Waals surface area (Å²) in [7, 11) is 0. The van der Waals surface area contributed by atoms with E-state index in [-0.39, 0.29) is 18.8 Å². The highest BCUT2D eigenvalue weighted by atomic mass is 16.5. The first-order valence-corrected chi connectivity index (χ1v) is 16.5. The lowest BCUT2D eigenvalue weighted by Gasteiger charge is -2.27. The summed E-state index contributed by atoms with van der Waals surface area (Å²) in [5.74, 6) is -6.19. The summed E-state index contributed by atoms with van der Waals surface area (Å²) in [5.41, 5.74) is 3.42. The zero-order valence-corrected chi connectivity index (χ0v) is 29.0. The van der Waals surface area contributed by atoms with Gasteiger partial charge in [-0.15, -0.1) is 0 Å². The van der Waals surface area contributed by atoms with Crippen LogP contribution in [-0.2, 0) is 23.9 Å². The summed E-state index contributed by atoms with van der Waals surface area (Å²) in [5, 5.41) is 57.7. The lowest BCUT2D eigenvalue weighted by molar-refractivity contribution is -0.169. The van der Waals surface area contributed by atoms with Gasteiger partial charge < -0.3 is 35.4 Å².